The number of nitrogens with zero attached hydrogens (tertiary/aromatic N) is 3. The highest BCUT2D eigenvalue weighted by molar-refractivity contribution is 7.14. The lowest BCUT2D eigenvalue weighted by atomic mass is 10.1. The molecule has 0 unspecified atom stereocenters. The minimum Gasteiger partial charge on any atom is -0.351 e. The predicted molar refractivity (Wildman–Crippen MR) is 132 cm³/mol. The van der Waals surface area contributed by atoms with E-state index in [-0.39, 0.29) is 18.4 Å². The van der Waals surface area contributed by atoms with Gasteiger partial charge >= 0.3 is 0 Å². The molecule has 3 heterocycles. The Labute approximate surface area is 196 Å². The molecule has 0 saturated carbocycles. The summed E-state index contributed by atoms with van der Waals surface area (Å²) in [5.41, 5.74) is 4.66. The second-order valence-electron chi connectivity index (χ2n) is 8.29. The third-order valence-corrected chi connectivity index (χ3v) is 6.64. The van der Waals surface area contributed by atoms with Crippen LogP contribution in [0.2, 0.25) is 0 Å². The van der Waals surface area contributed by atoms with Gasteiger partial charge in [0, 0.05) is 48.0 Å². The van der Waals surface area contributed by atoms with Gasteiger partial charge in [-0.2, -0.15) is 0 Å². The van der Waals surface area contributed by atoms with Gasteiger partial charge in [-0.15, -0.1) is 11.3 Å². The van der Waals surface area contributed by atoms with Crippen molar-refractivity contribution in [3.05, 3.63) is 71.2 Å². The minimum atomic E-state index is -0.0878. The number of thiazole rings is 1. The summed E-state index contributed by atoms with van der Waals surface area (Å²) >= 11 is 1.42. The summed E-state index contributed by atoms with van der Waals surface area (Å²) in [6.07, 6.45) is 0. The van der Waals surface area contributed by atoms with E-state index in [1.165, 1.54) is 16.9 Å². The Kier molecular flexibility index (Phi) is 5.93. The number of rotatable bonds is 5. The zero-order valence-corrected chi connectivity index (χ0v) is 19.2. The van der Waals surface area contributed by atoms with Crippen molar-refractivity contribution < 1.29 is 9.59 Å². The molecule has 168 valence electrons. The van der Waals surface area contributed by atoms with Crippen LogP contribution in [-0.2, 0) is 4.79 Å². The highest BCUT2D eigenvalue weighted by atomic mass is 32.1. The van der Waals surface area contributed by atoms with Crippen LogP contribution in [0.3, 0.4) is 0 Å². The van der Waals surface area contributed by atoms with E-state index in [9.17, 15) is 9.59 Å². The van der Waals surface area contributed by atoms with Crippen molar-refractivity contribution in [3.63, 3.8) is 0 Å². The first-order valence-corrected chi connectivity index (χ1v) is 11.8. The Bertz CT molecular complexity index is 1250. The number of para-hydroxylation sites is 1. The van der Waals surface area contributed by atoms with Gasteiger partial charge in [0.15, 0.2) is 5.13 Å². The number of aryl methyl sites for hydroxylation is 1. The number of anilines is 1. The van der Waals surface area contributed by atoms with Crippen molar-refractivity contribution in [2.24, 2.45) is 0 Å². The molecule has 0 atom stereocenters. The molecule has 0 bridgehead atoms. The summed E-state index contributed by atoms with van der Waals surface area (Å²) in [4.78, 5) is 37.1. The third-order valence-electron chi connectivity index (χ3n) is 5.88. The molecule has 2 aromatic carbocycles. The molecule has 2 aromatic heterocycles. The molecule has 4 aromatic rings. The van der Waals surface area contributed by atoms with E-state index in [0.29, 0.717) is 37.0 Å². The number of hydrogen-bond donors (Lipinski definition) is 2. The molecule has 1 aliphatic heterocycles. The fourth-order valence-electron chi connectivity index (χ4n) is 4.02. The Morgan fingerprint density at radius 1 is 1.06 bits per heavy atom. The average molecular weight is 460 g/mol. The summed E-state index contributed by atoms with van der Waals surface area (Å²) in [6, 6.07) is 17.9. The van der Waals surface area contributed by atoms with Gasteiger partial charge < -0.3 is 15.2 Å². The highest BCUT2D eigenvalue weighted by Crippen LogP contribution is 2.25. The maximum absolute atomic E-state index is 12.9. The fraction of sp³-hybridized carbons (Fsp3) is 0.240. The van der Waals surface area contributed by atoms with Crippen molar-refractivity contribution >= 4 is 39.2 Å². The van der Waals surface area contributed by atoms with E-state index in [0.717, 1.165) is 22.2 Å². The van der Waals surface area contributed by atoms with E-state index in [1.54, 1.807) is 0 Å². The molecule has 8 heteroatoms. The van der Waals surface area contributed by atoms with Crippen molar-refractivity contribution in [2.45, 2.75) is 6.92 Å². The monoisotopic (exact) mass is 459 g/mol. The lowest BCUT2D eigenvalue weighted by Gasteiger charge is -2.34. The maximum Gasteiger partial charge on any atom is 0.270 e. The van der Waals surface area contributed by atoms with Crippen LogP contribution in [0.1, 0.15) is 16.1 Å². The number of H-pyrrole nitrogens is 1. The predicted octanol–water partition coefficient (Wildman–Crippen LogP) is 4.00. The average Bonchev–Trinajstić information content (AvgIpc) is 3.47. The van der Waals surface area contributed by atoms with E-state index in [4.69, 9.17) is 0 Å². The molecule has 0 radical (unpaired) electrons. The van der Waals surface area contributed by atoms with Gasteiger partial charge in [-0.05, 0) is 19.1 Å². The number of carbonyl (C=O) groups is 2. The maximum atomic E-state index is 12.9. The first-order chi connectivity index (χ1) is 16.0. The molecule has 2 amide bonds. The molecule has 0 aliphatic carbocycles. The fourth-order valence-corrected chi connectivity index (χ4v) is 4.75. The largest absolute Gasteiger partial charge is 0.351 e. The van der Waals surface area contributed by atoms with Crippen LogP contribution in [-0.4, -0.2) is 64.3 Å². The number of nitrogens with one attached hydrogen (secondary N) is 2. The Hall–Kier alpha value is -3.49. The molecule has 5 rings (SSSR count). The molecular weight excluding hydrogens is 434 g/mol. The second-order valence-corrected chi connectivity index (χ2v) is 9.15. The quantitative estimate of drug-likeness (QED) is 0.473. The van der Waals surface area contributed by atoms with Crippen LogP contribution in [0.25, 0.3) is 22.2 Å². The van der Waals surface area contributed by atoms with Crippen LogP contribution in [0.15, 0.2) is 60.0 Å². The number of aromatic nitrogens is 2. The Morgan fingerprint density at radius 3 is 2.58 bits per heavy atom. The lowest BCUT2D eigenvalue weighted by Crippen LogP contribution is -2.50. The highest BCUT2D eigenvalue weighted by Gasteiger charge is 2.24. The van der Waals surface area contributed by atoms with Crippen LogP contribution >= 0.6 is 11.3 Å². The third kappa shape index (κ3) is 4.81. The van der Waals surface area contributed by atoms with Gasteiger partial charge in [0.25, 0.3) is 5.91 Å². The molecular formula is C25H25N5O2S. The summed E-state index contributed by atoms with van der Waals surface area (Å²) in [5, 5.41) is 6.49. The number of piperazine rings is 1. The molecule has 1 saturated heterocycles. The van der Waals surface area contributed by atoms with Crippen LogP contribution in [0.4, 0.5) is 5.13 Å². The van der Waals surface area contributed by atoms with Crippen molar-refractivity contribution in [1.82, 2.24) is 19.8 Å². The van der Waals surface area contributed by atoms with Crippen molar-refractivity contribution in [2.75, 3.05) is 38.0 Å². The van der Waals surface area contributed by atoms with Crippen molar-refractivity contribution in [1.29, 1.82) is 0 Å². The Morgan fingerprint density at radius 2 is 1.82 bits per heavy atom. The molecule has 33 heavy (non-hydrogen) atoms. The van der Waals surface area contributed by atoms with Crippen LogP contribution < -0.4 is 5.32 Å². The summed E-state index contributed by atoms with van der Waals surface area (Å²) in [6.45, 7) is 4.84. The van der Waals surface area contributed by atoms with E-state index >= 15 is 0 Å². The number of carbonyl (C=O) groups excluding carboxylic acids is 2. The zero-order chi connectivity index (χ0) is 22.8. The van der Waals surface area contributed by atoms with Gasteiger partial charge in [0.2, 0.25) is 5.91 Å². The van der Waals surface area contributed by atoms with Gasteiger partial charge in [-0.3, -0.25) is 14.5 Å². The number of amides is 2. The molecule has 1 fully saturated rings. The molecule has 2 N–H and O–H groups in total. The number of fused-ring (bicyclic) bond motifs is 1. The molecule has 0 spiro atoms. The van der Waals surface area contributed by atoms with E-state index in [2.05, 4.69) is 32.3 Å². The van der Waals surface area contributed by atoms with Gasteiger partial charge in [0.05, 0.1) is 12.2 Å². The van der Waals surface area contributed by atoms with Gasteiger partial charge in [-0.1, -0.05) is 48.0 Å². The number of benzene rings is 2. The summed E-state index contributed by atoms with van der Waals surface area (Å²) in [5.74, 6) is -0.0862. The Balaban J connectivity index is 1.12. The number of aromatic amines is 1. The minimum absolute atomic E-state index is 0.00159. The molecule has 7 nitrogen and oxygen atoms in total. The lowest BCUT2D eigenvalue weighted by molar-refractivity contribution is -0.117. The number of hydrogen-bond acceptors (Lipinski definition) is 5. The normalized spacial score (nSPS) is 14.5. The van der Waals surface area contributed by atoms with E-state index in [1.807, 2.05) is 59.7 Å². The molecule has 1 aliphatic rings. The van der Waals surface area contributed by atoms with Crippen molar-refractivity contribution in [3.8, 4) is 11.3 Å². The van der Waals surface area contributed by atoms with E-state index < -0.39 is 0 Å². The van der Waals surface area contributed by atoms with Gasteiger partial charge in [-0.25, -0.2) is 4.98 Å². The standard InChI is InChI=1S/C25H25N5O2S/c1-17-6-8-18(9-7-17)22-16-33-25(27-22)28-23(31)15-29-10-12-30(13-11-29)24(32)21-14-19-4-2-3-5-20(19)26-21/h2-9,14,16,26H,10-13,15H2,1H3,(H,27,28,31). The summed E-state index contributed by atoms with van der Waals surface area (Å²) in [7, 11) is 0. The first-order valence-electron chi connectivity index (χ1n) is 11.0. The topological polar surface area (TPSA) is 81.3 Å². The van der Waals surface area contributed by atoms with Crippen LogP contribution in [0.5, 0.6) is 0 Å². The van der Waals surface area contributed by atoms with Gasteiger partial charge in [0.1, 0.15) is 5.69 Å². The SMILES string of the molecule is Cc1ccc(-c2csc(NC(=O)CN3CCN(C(=O)c4cc5ccccc5[nH]4)CC3)n2)cc1. The summed E-state index contributed by atoms with van der Waals surface area (Å²) < 4.78 is 0. The van der Waals surface area contributed by atoms with Crippen LogP contribution in [0, 0.1) is 6.92 Å². The first kappa shape index (κ1) is 21.4. The second kappa shape index (κ2) is 9.17. The zero-order valence-electron chi connectivity index (χ0n) is 18.4. The smallest absolute Gasteiger partial charge is 0.270 e.